The molecule has 1 saturated heterocycles. The van der Waals surface area contributed by atoms with Gasteiger partial charge in [0.2, 0.25) is 10.0 Å². The van der Waals surface area contributed by atoms with Crippen molar-refractivity contribution >= 4 is 27.9 Å². The van der Waals surface area contributed by atoms with Gasteiger partial charge in [0.15, 0.2) is 6.10 Å². The minimum absolute atomic E-state index is 0.0994. The Morgan fingerprint density at radius 3 is 2.23 bits per heavy atom. The van der Waals surface area contributed by atoms with Gasteiger partial charge in [-0.15, -0.1) is 0 Å². The van der Waals surface area contributed by atoms with Gasteiger partial charge < -0.3 is 10.1 Å². The van der Waals surface area contributed by atoms with E-state index in [-0.39, 0.29) is 22.3 Å². The molecule has 1 aliphatic rings. The van der Waals surface area contributed by atoms with Crippen LogP contribution in [-0.4, -0.2) is 56.4 Å². The number of urea groups is 1. The number of nitrogens with zero attached hydrogens (tertiary/aromatic N) is 1. The van der Waals surface area contributed by atoms with Crippen LogP contribution in [-0.2, 0) is 19.6 Å². The third kappa shape index (κ3) is 6.02. The molecule has 0 spiro atoms. The van der Waals surface area contributed by atoms with E-state index in [1.165, 1.54) is 35.5 Å². The van der Waals surface area contributed by atoms with Gasteiger partial charge in [-0.05, 0) is 56.4 Å². The van der Waals surface area contributed by atoms with Gasteiger partial charge in [0.05, 0.1) is 10.5 Å². The van der Waals surface area contributed by atoms with Gasteiger partial charge in [-0.3, -0.25) is 10.1 Å². The second kappa shape index (κ2) is 10.0. The number of benzene rings is 1. The average Bonchev–Trinajstić information content (AvgIpc) is 2.67. The van der Waals surface area contributed by atoms with Crippen LogP contribution in [0, 0.1) is 11.8 Å². The highest BCUT2D eigenvalue weighted by Gasteiger charge is 2.31. The minimum Gasteiger partial charge on any atom is -0.449 e. The zero-order chi connectivity index (χ0) is 22.5. The summed E-state index contributed by atoms with van der Waals surface area (Å²) in [6, 6.07) is 4.73. The van der Waals surface area contributed by atoms with Crippen LogP contribution in [0.25, 0.3) is 0 Å². The number of rotatable bonds is 6. The summed E-state index contributed by atoms with van der Waals surface area (Å²) in [5, 5.41) is 4.46. The number of sulfonamides is 1. The molecule has 1 heterocycles. The van der Waals surface area contributed by atoms with Gasteiger partial charge in [-0.25, -0.2) is 18.0 Å². The van der Waals surface area contributed by atoms with E-state index in [0.717, 1.165) is 6.42 Å². The molecule has 3 amide bonds. The molecule has 0 unspecified atom stereocenters. The maximum absolute atomic E-state index is 12.9. The Balaban J connectivity index is 2.03. The molecular formula is C20H29N3O6S. The average molecular weight is 440 g/mol. The number of imide groups is 1. The number of hydrogen-bond donors (Lipinski definition) is 2. The molecule has 30 heavy (non-hydrogen) atoms. The highest BCUT2D eigenvalue weighted by molar-refractivity contribution is 7.89. The Morgan fingerprint density at radius 1 is 1.13 bits per heavy atom. The molecule has 166 valence electrons. The lowest BCUT2D eigenvalue weighted by Gasteiger charge is -2.34. The first kappa shape index (κ1) is 23.8. The summed E-state index contributed by atoms with van der Waals surface area (Å²) >= 11 is 0. The topological polar surface area (TPSA) is 122 Å². The van der Waals surface area contributed by atoms with Crippen molar-refractivity contribution in [3.8, 4) is 0 Å². The van der Waals surface area contributed by atoms with Crippen LogP contribution in [0.15, 0.2) is 29.2 Å². The van der Waals surface area contributed by atoms with E-state index in [1.807, 2.05) is 13.8 Å². The smallest absolute Gasteiger partial charge is 0.338 e. The number of ether oxygens (including phenoxy) is 1. The third-order valence-corrected chi connectivity index (χ3v) is 6.64. The molecule has 2 N–H and O–H groups in total. The molecule has 9 nitrogen and oxygen atoms in total. The molecule has 1 aromatic carbocycles. The molecule has 0 aromatic heterocycles. The van der Waals surface area contributed by atoms with E-state index < -0.39 is 34.0 Å². The van der Waals surface area contributed by atoms with E-state index in [2.05, 4.69) is 10.6 Å². The Hall–Kier alpha value is -2.46. The van der Waals surface area contributed by atoms with Gasteiger partial charge in [0.1, 0.15) is 0 Å². The van der Waals surface area contributed by atoms with Crippen LogP contribution < -0.4 is 10.6 Å². The maximum Gasteiger partial charge on any atom is 0.338 e. The molecule has 2 rings (SSSR count). The van der Waals surface area contributed by atoms with Crippen LogP contribution in [0.5, 0.6) is 0 Å². The molecule has 0 bridgehead atoms. The number of hydrogen-bond acceptors (Lipinski definition) is 6. The quantitative estimate of drug-likeness (QED) is 0.651. The van der Waals surface area contributed by atoms with E-state index in [1.54, 1.807) is 6.92 Å². The highest BCUT2D eigenvalue weighted by Crippen LogP contribution is 2.26. The molecule has 1 fully saturated rings. The SMILES string of the molecule is CCNC(=O)NC(=O)[C@@H](C)OC(=O)c1ccc(S(=O)(=O)N2C[C@H](C)C[C@H](C)C2)cc1. The van der Waals surface area contributed by atoms with Crippen molar-refractivity contribution in [1.29, 1.82) is 0 Å². The van der Waals surface area contributed by atoms with E-state index >= 15 is 0 Å². The summed E-state index contributed by atoms with van der Waals surface area (Å²) in [5.74, 6) is -0.991. The Labute approximate surface area is 177 Å². The summed E-state index contributed by atoms with van der Waals surface area (Å²) in [5.41, 5.74) is 0.104. The largest absolute Gasteiger partial charge is 0.449 e. The van der Waals surface area contributed by atoms with Crippen LogP contribution in [0.2, 0.25) is 0 Å². The molecule has 3 atom stereocenters. The fourth-order valence-corrected chi connectivity index (χ4v) is 5.09. The van der Waals surface area contributed by atoms with Gasteiger partial charge in [-0.1, -0.05) is 13.8 Å². The van der Waals surface area contributed by atoms with Gasteiger partial charge >= 0.3 is 12.0 Å². The second-order valence-electron chi connectivity index (χ2n) is 7.69. The predicted octanol–water partition coefficient (Wildman–Crippen LogP) is 1.74. The number of carbonyl (C=O) groups is 3. The number of amides is 3. The van der Waals surface area contributed by atoms with Gasteiger partial charge in [0.25, 0.3) is 5.91 Å². The molecule has 0 radical (unpaired) electrons. The Bertz CT molecular complexity index is 874. The number of carbonyl (C=O) groups excluding carboxylic acids is 3. The fourth-order valence-electron chi connectivity index (χ4n) is 3.41. The van der Waals surface area contributed by atoms with E-state index in [9.17, 15) is 22.8 Å². The molecule has 10 heteroatoms. The second-order valence-corrected chi connectivity index (χ2v) is 9.63. The minimum atomic E-state index is -3.65. The van der Waals surface area contributed by atoms with Gasteiger partial charge in [-0.2, -0.15) is 4.31 Å². The molecule has 1 aromatic rings. The van der Waals surface area contributed by atoms with Crippen LogP contribution >= 0.6 is 0 Å². The van der Waals surface area contributed by atoms with Crippen molar-refractivity contribution in [2.75, 3.05) is 19.6 Å². The molecular weight excluding hydrogens is 410 g/mol. The first-order valence-electron chi connectivity index (χ1n) is 9.94. The summed E-state index contributed by atoms with van der Waals surface area (Å²) in [6.45, 7) is 8.37. The molecule has 0 saturated carbocycles. The summed E-state index contributed by atoms with van der Waals surface area (Å²) in [6.07, 6.45) is -0.206. The van der Waals surface area contributed by atoms with Crippen molar-refractivity contribution in [2.45, 2.75) is 45.1 Å². The van der Waals surface area contributed by atoms with Crippen LogP contribution in [0.4, 0.5) is 4.79 Å². The Kier molecular flexibility index (Phi) is 7.96. The van der Waals surface area contributed by atoms with E-state index in [4.69, 9.17) is 4.74 Å². The van der Waals surface area contributed by atoms with Crippen molar-refractivity contribution in [2.24, 2.45) is 11.8 Å². The first-order valence-corrected chi connectivity index (χ1v) is 11.4. The summed E-state index contributed by atoms with van der Waals surface area (Å²) < 4.78 is 32.3. The first-order chi connectivity index (χ1) is 14.0. The zero-order valence-electron chi connectivity index (χ0n) is 17.7. The van der Waals surface area contributed by atoms with Crippen LogP contribution in [0.1, 0.15) is 44.5 Å². The maximum atomic E-state index is 12.9. The number of esters is 1. The number of nitrogens with one attached hydrogen (secondary N) is 2. The monoisotopic (exact) mass is 439 g/mol. The number of piperidine rings is 1. The van der Waals surface area contributed by atoms with E-state index in [0.29, 0.717) is 19.6 Å². The zero-order valence-corrected chi connectivity index (χ0v) is 18.5. The predicted molar refractivity (Wildman–Crippen MR) is 110 cm³/mol. The normalized spacial score (nSPS) is 20.8. The molecule has 0 aliphatic carbocycles. The summed E-state index contributed by atoms with van der Waals surface area (Å²) in [7, 11) is -3.65. The lowest BCUT2D eigenvalue weighted by molar-refractivity contribution is -0.127. The lowest BCUT2D eigenvalue weighted by atomic mass is 9.94. The van der Waals surface area contributed by atoms with Crippen molar-refractivity contribution < 1.29 is 27.5 Å². The highest BCUT2D eigenvalue weighted by atomic mass is 32.2. The van der Waals surface area contributed by atoms with Crippen LogP contribution in [0.3, 0.4) is 0 Å². The standard InChI is InChI=1S/C20H29N3O6S/c1-5-21-20(26)22-18(24)15(4)29-19(25)16-6-8-17(9-7-16)30(27,28)23-11-13(2)10-14(3)12-23/h6-9,13-15H,5,10-12H2,1-4H3,(H2,21,22,24,26)/t13-,14+,15-/m1/s1. The molecule has 1 aliphatic heterocycles. The van der Waals surface area contributed by atoms with Crippen molar-refractivity contribution in [3.05, 3.63) is 29.8 Å². The Morgan fingerprint density at radius 2 is 1.70 bits per heavy atom. The summed E-state index contributed by atoms with van der Waals surface area (Å²) in [4.78, 5) is 35.6. The van der Waals surface area contributed by atoms with Crippen molar-refractivity contribution in [1.82, 2.24) is 14.9 Å². The lowest BCUT2D eigenvalue weighted by Crippen LogP contribution is -2.44. The third-order valence-electron chi connectivity index (χ3n) is 4.79. The van der Waals surface area contributed by atoms with Crippen molar-refractivity contribution in [3.63, 3.8) is 0 Å². The van der Waals surface area contributed by atoms with Gasteiger partial charge in [0, 0.05) is 19.6 Å². The fraction of sp³-hybridized carbons (Fsp3) is 0.550.